The number of hydrogen-bond donors (Lipinski definition) is 0. The SMILES string of the molecule is CC1=[C-]CC=C1C.C[C](C)=[Zr+2].[Cl-].[Cl-].c1ccc2[cH-]ccc2c1. The molecule has 0 fully saturated rings. The molecule has 0 N–H and O–H groups in total. The van der Waals surface area contributed by atoms with Crippen molar-refractivity contribution in [3.8, 4) is 0 Å². The van der Waals surface area contributed by atoms with E-state index < -0.39 is 0 Å². The summed E-state index contributed by atoms with van der Waals surface area (Å²) < 4.78 is 1.51. The third kappa shape index (κ3) is 9.62. The van der Waals surface area contributed by atoms with Gasteiger partial charge < -0.3 is 24.8 Å². The van der Waals surface area contributed by atoms with Crippen LogP contribution in [0, 0.1) is 6.08 Å². The number of fused-ring (bicyclic) bond motifs is 1. The number of benzene rings is 1. The van der Waals surface area contributed by atoms with Gasteiger partial charge in [-0.05, 0) is 0 Å². The summed E-state index contributed by atoms with van der Waals surface area (Å²) in [6.07, 6.45) is 6.41. The van der Waals surface area contributed by atoms with Gasteiger partial charge in [-0.2, -0.15) is 23.6 Å². The van der Waals surface area contributed by atoms with Crippen molar-refractivity contribution in [3.05, 3.63) is 65.8 Å². The van der Waals surface area contributed by atoms with Gasteiger partial charge in [-0.25, -0.2) is 11.1 Å². The van der Waals surface area contributed by atoms with Gasteiger partial charge in [0.15, 0.2) is 0 Å². The van der Waals surface area contributed by atoms with Crippen LogP contribution in [-0.4, -0.2) is 3.21 Å². The second-order valence-corrected chi connectivity index (χ2v) is 7.51. The average Bonchev–Trinajstić information content (AvgIpc) is 2.99. The minimum absolute atomic E-state index is 0. The van der Waals surface area contributed by atoms with Crippen LogP contribution in [0.4, 0.5) is 0 Å². The number of halogens is 2. The summed E-state index contributed by atoms with van der Waals surface area (Å²) >= 11 is 1.55. The number of rotatable bonds is 0. The molecule has 3 heteroatoms. The van der Waals surface area contributed by atoms with Crippen LogP contribution < -0.4 is 24.8 Å². The standard InChI is InChI=1S/C9H7.C7H9.C3H6.2ClH.Zr/c1-2-5-9-7-3-6-8(9)4-1;1-6-4-3-5-7(6)2;1-3-2;;;/h1-7H;4H,3H2,1-2H3;1-2H3;2*1H;/q2*-1;;;;+2/p-2. The Kier molecular flexibility index (Phi) is 14.3. The molecule has 0 heterocycles. The molecule has 0 atom stereocenters. The molecule has 1 aliphatic rings. The van der Waals surface area contributed by atoms with E-state index in [9.17, 15) is 0 Å². The van der Waals surface area contributed by atoms with Crippen molar-refractivity contribution in [2.24, 2.45) is 0 Å². The first kappa shape index (κ1) is 23.9. The molecular weight excluding hydrogens is 390 g/mol. The van der Waals surface area contributed by atoms with Gasteiger partial charge in [-0.15, -0.1) is 43.0 Å². The van der Waals surface area contributed by atoms with Gasteiger partial charge in [-0.3, -0.25) is 6.08 Å². The second-order valence-electron chi connectivity index (χ2n) is 5.05. The number of hydrogen-bond acceptors (Lipinski definition) is 0. The predicted molar refractivity (Wildman–Crippen MR) is 86.7 cm³/mol. The molecule has 0 unspecified atom stereocenters. The molecule has 0 aromatic heterocycles. The molecule has 0 spiro atoms. The summed E-state index contributed by atoms with van der Waals surface area (Å²) in [6, 6.07) is 14.7. The summed E-state index contributed by atoms with van der Waals surface area (Å²) in [5, 5.41) is 2.66. The van der Waals surface area contributed by atoms with Crippen molar-refractivity contribution in [1.29, 1.82) is 0 Å². The Bertz CT molecular complexity index is 571. The van der Waals surface area contributed by atoms with Crippen molar-refractivity contribution < 1.29 is 49.0 Å². The molecule has 2 aromatic carbocycles. The van der Waals surface area contributed by atoms with Crippen LogP contribution in [0.25, 0.3) is 10.8 Å². The molecule has 3 rings (SSSR count). The van der Waals surface area contributed by atoms with E-state index in [0.717, 1.165) is 6.42 Å². The van der Waals surface area contributed by atoms with Gasteiger partial charge in [0.1, 0.15) is 0 Å². The zero-order valence-corrected chi connectivity index (χ0v) is 17.6. The zero-order valence-electron chi connectivity index (χ0n) is 13.6. The van der Waals surface area contributed by atoms with Crippen LogP contribution in [0.1, 0.15) is 34.1 Å². The Morgan fingerprint density at radius 1 is 1.09 bits per heavy atom. The Balaban J connectivity index is 0. The van der Waals surface area contributed by atoms with Crippen LogP contribution in [0.2, 0.25) is 0 Å². The Morgan fingerprint density at radius 2 is 1.68 bits per heavy atom. The third-order valence-corrected chi connectivity index (χ3v) is 2.91. The minimum atomic E-state index is 0. The van der Waals surface area contributed by atoms with Gasteiger partial charge in [0.05, 0.1) is 0 Å². The summed E-state index contributed by atoms with van der Waals surface area (Å²) in [5.74, 6) is 0. The molecular formula is C19H22Cl2Zr-2. The maximum absolute atomic E-state index is 3.19. The van der Waals surface area contributed by atoms with E-state index in [4.69, 9.17) is 0 Å². The first-order valence-corrected chi connectivity index (χ1v) is 8.10. The molecule has 1 aliphatic carbocycles. The maximum atomic E-state index is 3.19. The van der Waals surface area contributed by atoms with E-state index in [-0.39, 0.29) is 24.8 Å². The van der Waals surface area contributed by atoms with Crippen molar-refractivity contribution in [1.82, 2.24) is 0 Å². The first-order chi connectivity index (χ1) is 9.50. The van der Waals surface area contributed by atoms with Gasteiger partial charge >= 0.3 is 41.3 Å². The largest absolute Gasteiger partial charge is 1.00 e. The molecule has 0 bridgehead atoms. The van der Waals surface area contributed by atoms with Gasteiger partial charge in [0, 0.05) is 0 Å². The van der Waals surface area contributed by atoms with E-state index in [1.54, 1.807) is 24.2 Å². The monoisotopic (exact) mass is 410 g/mol. The van der Waals surface area contributed by atoms with E-state index >= 15 is 0 Å². The fourth-order valence-electron chi connectivity index (χ4n) is 1.72. The number of allylic oxidation sites excluding steroid dienone is 4. The smallest absolute Gasteiger partial charge is 0.0809 e. The Morgan fingerprint density at radius 3 is 2.09 bits per heavy atom. The zero-order chi connectivity index (χ0) is 15.0. The fraction of sp³-hybridized carbons (Fsp3) is 0.263. The predicted octanol–water partition coefficient (Wildman–Crippen LogP) is -0.602. The Labute approximate surface area is 162 Å². The first-order valence-electron chi connectivity index (χ1n) is 6.87. The topological polar surface area (TPSA) is 0 Å². The minimum Gasteiger partial charge on any atom is -1.00 e. The van der Waals surface area contributed by atoms with E-state index in [1.165, 1.54) is 25.1 Å². The van der Waals surface area contributed by atoms with Crippen LogP contribution in [0.5, 0.6) is 0 Å². The van der Waals surface area contributed by atoms with Crippen LogP contribution in [-0.2, 0) is 24.2 Å². The molecule has 0 saturated carbocycles. The summed E-state index contributed by atoms with van der Waals surface area (Å²) in [4.78, 5) is 0. The molecule has 0 nitrogen and oxygen atoms in total. The van der Waals surface area contributed by atoms with Crippen molar-refractivity contribution in [2.75, 3.05) is 0 Å². The summed E-state index contributed by atoms with van der Waals surface area (Å²) in [5.41, 5.74) is 2.71. The average molecular weight is 413 g/mol. The van der Waals surface area contributed by atoms with Crippen molar-refractivity contribution in [2.45, 2.75) is 34.1 Å². The molecule has 0 saturated heterocycles. The van der Waals surface area contributed by atoms with Crippen LogP contribution in [0.15, 0.2) is 59.7 Å². The maximum Gasteiger partial charge on any atom is -0.0809 e. The van der Waals surface area contributed by atoms with Crippen LogP contribution in [0.3, 0.4) is 0 Å². The third-order valence-electron chi connectivity index (χ3n) is 2.91. The van der Waals surface area contributed by atoms with Gasteiger partial charge in [0.2, 0.25) is 0 Å². The normalized spacial score (nSPS) is 11.5. The molecule has 0 radical (unpaired) electrons. The van der Waals surface area contributed by atoms with Crippen LogP contribution >= 0.6 is 0 Å². The molecule has 22 heavy (non-hydrogen) atoms. The van der Waals surface area contributed by atoms with Crippen molar-refractivity contribution >= 4 is 14.0 Å². The Hall–Kier alpha value is -0.357. The molecule has 2 aromatic rings. The quantitative estimate of drug-likeness (QED) is 0.507. The van der Waals surface area contributed by atoms with Gasteiger partial charge in [0.25, 0.3) is 0 Å². The van der Waals surface area contributed by atoms with Gasteiger partial charge in [-0.1, -0.05) is 13.0 Å². The van der Waals surface area contributed by atoms with E-state index in [2.05, 4.69) is 82.3 Å². The summed E-state index contributed by atoms with van der Waals surface area (Å²) in [7, 11) is 0. The van der Waals surface area contributed by atoms with Crippen molar-refractivity contribution in [3.63, 3.8) is 0 Å². The van der Waals surface area contributed by atoms with E-state index in [0.29, 0.717) is 0 Å². The van der Waals surface area contributed by atoms with E-state index in [1.807, 2.05) is 0 Å². The second kappa shape index (κ2) is 13.1. The fourth-order valence-corrected chi connectivity index (χ4v) is 1.72. The molecule has 0 amide bonds. The summed E-state index contributed by atoms with van der Waals surface area (Å²) in [6.45, 7) is 8.46. The molecule has 0 aliphatic heterocycles. The molecule has 118 valence electrons.